The Balaban J connectivity index is 1.53. The molecule has 5 nitrogen and oxygen atoms in total. The van der Waals surface area contributed by atoms with Crippen LogP contribution in [-0.2, 0) is 14.6 Å². The van der Waals surface area contributed by atoms with Crippen molar-refractivity contribution in [2.45, 2.75) is 17.7 Å². The fourth-order valence-corrected chi connectivity index (χ4v) is 4.67. The lowest BCUT2D eigenvalue weighted by Gasteiger charge is -2.07. The van der Waals surface area contributed by atoms with Gasteiger partial charge in [-0.1, -0.05) is 0 Å². The van der Waals surface area contributed by atoms with Crippen molar-refractivity contribution < 1.29 is 17.9 Å². The molecule has 0 saturated carbocycles. The minimum absolute atomic E-state index is 0.0731. The van der Waals surface area contributed by atoms with Crippen molar-refractivity contribution in [1.29, 1.82) is 0 Å². The molecule has 0 aliphatic heterocycles. The lowest BCUT2D eigenvalue weighted by atomic mass is 10.2. The molecule has 0 saturated heterocycles. The van der Waals surface area contributed by atoms with E-state index in [2.05, 4.69) is 5.32 Å². The molecule has 1 amide bonds. The summed E-state index contributed by atoms with van der Waals surface area (Å²) < 4.78 is 30.8. The van der Waals surface area contributed by atoms with E-state index in [0.717, 1.165) is 15.8 Å². The molecular formula is C19H19NO4S2. The Morgan fingerprint density at radius 1 is 1.12 bits per heavy atom. The quantitative estimate of drug-likeness (QED) is 0.660. The Kier molecular flexibility index (Phi) is 5.58. The van der Waals surface area contributed by atoms with E-state index in [1.165, 1.54) is 19.2 Å². The lowest BCUT2D eigenvalue weighted by Crippen LogP contribution is -2.14. The maximum absolute atomic E-state index is 12.3. The van der Waals surface area contributed by atoms with Crippen LogP contribution >= 0.6 is 11.3 Å². The van der Waals surface area contributed by atoms with Gasteiger partial charge in [-0.05, 0) is 65.7 Å². The zero-order chi connectivity index (χ0) is 18.6. The highest BCUT2D eigenvalue weighted by Crippen LogP contribution is 2.24. The average Bonchev–Trinajstić information content (AvgIpc) is 3.09. The first kappa shape index (κ1) is 18.4. The molecule has 3 rings (SSSR count). The normalized spacial score (nSPS) is 11.4. The molecule has 0 radical (unpaired) electrons. The Morgan fingerprint density at radius 2 is 1.88 bits per heavy atom. The van der Waals surface area contributed by atoms with E-state index in [-0.39, 0.29) is 29.4 Å². The van der Waals surface area contributed by atoms with Crippen LogP contribution in [0, 0.1) is 0 Å². The third kappa shape index (κ3) is 4.42. The van der Waals surface area contributed by atoms with Gasteiger partial charge in [-0.15, -0.1) is 11.3 Å². The third-order valence-corrected chi connectivity index (χ3v) is 6.69. The minimum Gasteiger partial charge on any atom is -0.497 e. The fourth-order valence-electron chi connectivity index (χ4n) is 2.59. The van der Waals surface area contributed by atoms with E-state index in [1.807, 2.05) is 29.6 Å². The monoisotopic (exact) mass is 389 g/mol. The summed E-state index contributed by atoms with van der Waals surface area (Å²) in [6, 6.07) is 14.0. The highest BCUT2D eigenvalue weighted by atomic mass is 32.2. The number of carbonyl (C=O) groups is 1. The van der Waals surface area contributed by atoms with Gasteiger partial charge in [0.25, 0.3) is 0 Å². The van der Waals surface area contributed by atoms with Crippen LogP contribution in [0.15, 0.2) is 58.8 Å². The van der Waals surface area contributed by atoms with Crippen molar-refractivity contribution in [1.82, 2.24) is 0 Å². The summed E-state index contributed by atoms with van der Waals surface area (Å²) in [6.07, 6.45) is 0.415. The molecule has 26 heavy (non-hydrogen) atoms. The van der Waals surface area contributed by atoms with E-state index in [9.17, 15) is 13.2 Å². The standard InChI is InChI=1S/C19H19NO4S2/c1-24-16-5-7-17(8-6-16)26(22,23)12-2-3-19(21)20-15-4-9-18-14(13-15)10-11-25-18/h4-11,13H,2-3,12H2,1H3,(H,20,21). The van der Waals surface area contributed by atoms with Gasteiger partial charge in [0, 0.05) is 16.8 Å². The average molecular weight is 389 g/mol. The molecule has 0 bridgehead atoms. The molecule has 0 spiro atoms. The van der Waals surface area contributed by atoms with Crippen molar-refractivity contribution in [2.75, 3.05) is 18.2 Å². The predicted molar refractivity (Wildman–Crippen MR) is 105 cm³/mol. The molecule has 1 aromatic heterocycles. The predicted octanol–water partition coefficient (Wildman–Crippen LogP) is 4.10. The molecule has 2 aromatic carbocycles. The van der Waals surface area contributed by atoms with Crippen LogP contribution in [0.4, 0.5) is 5.69 Å². The summed E-state index contributed by atoms with van der Waals surface area (Å²) >= 11 is 1.64. The third-order valence-electron chi connectivity index (χ3n) is 3.97. The van der Waals surface area contributed by atoms with Crippen molar-refractivity contribution in [3.8, 4) is 5.75 Å². The minimum atomic E-state index is -3.41. The number of fused-ring (bicyclic) bond motifs is 1. The van der Waals surface area contributed by atoms with Crippen molar-refractivity contribution >= 4 is 42.9 Å². The summed E-state index contributed by atoms with van der Waals surface area (Å²) in [6.45, 7) is 0. The van der Waals surface area contributed by atoms with Crippen molar-refractivity contribution in [2.24, 2.45) is 0 Å². The number of anilines is 1. The number of amides is 1. The van der Waals surface area contributed by atoms with Gasteiger partial charge in [-0.3, -0.25) is 4.79 Å². The van der Waals surface area contributed by atoms with E-state index in [1.54, 1.807) is 23.5 Å². The number of nitrogens with one attached hydrogen (secondary N) is 1. The zero-order valence-corrected chi connectivity index (χ0v) is 15.9. The second kappa shape index (κ2) is 7.88. The second-order valence-corrected chi connectivity index (χ2v) is 8.88. The van der Waals surface area contributed by atoms with Crippen molar-refractivity contribution in [3.63, 3.8) is 0 Å². The lowest BCUT2D eigenvalue weighted by molar-refractivity contribution is -0.116. The van der Waals surface area contributed by atoms with Gasteiger partial charge in [0.05, 0.1) is 17.8 Å². The Bertz CT molecular complexity index is 1010. The van der Waals surface area contributed by atoms with Crippen LogP contribution in [0.3, 0.4) is 0 Å². The van der Waals surface area contributed by atoms with Crippen LogP contribution < -0.4 is 10.1 Å². The van der Waals surface area contributed by atoms with E-state index >= 15 is 0 Å². The molecular weight excluding hydrogens is 370 g/mol. The Morgan fingerprint density at radius 3 is 2.62 bits per heavy atom. The molecule has 0 aliphatic carbocycles. The van der Waals surface area contributed by atoms with Crippen LogP contribution in [0.2, 0.25) is 0 Å². The number of thiophene rings is 1. The SMILES string of the molecule is COc1ccc(S(=O)(=O)CCCC(=O)Nc2ccc3sccc3c2)cc1. The van der Waals surface area contributed by atoms with Crippen LogP contribution in [0.1, 0.15) is 12.8 Å². The van der Waals surface area contributed by atoms with Gasteiger partial charge in [0.1, 0.15) is 5.75 Å². The van der Waals surface area contributed by atoms with Crippen LogP contribution in [-0.4, -0.2) is 27.2 Å². The summed E-state index contributed by atoms with van der Waals surface area (Å²) in [4.78, 5) is 12.3. The van der Waals surface area contributed by atoms with Crippen LogP contribution in [0.25, 0.3) is 10.1 Å². The van der Waals surface area contributed by atoms with Gasteiger partial charge in [-0.2, -0.15) is 0 Å². The molecule has 1 N–H and O–H groups in total. The highest BCUT2D eigenvalue weighted by molar-refractivity contribution is 7.91. The Labute approximate surface area is 156 Å². The molecule has 0 atom stereocenters. The number of hydrogen-bond donors (Lipinski definition) is 1. The smallest absolute Gasteiger partial charge is 0.224 e. The largest absolute Gasteiger partial charge is 0.497 e. The van der Waals surface area contributed by atoms with E-state index in [4.69, 9.17) is 4.74 Å². The fraction of sp³-hybridized carbons (Fsp3) is 0.211. The number of ether oxygens (including phenoxy) is 1. The van der Waals surface area contributed by atoms with Crippen molar-refractivity contribution in [3.05, 3.63) is 53.9 Å². The summed E-state index contributed by atoms with van der Waals surface area (Å²) in [7, 11) is -1.88. The van der Waals surface area contributed by atoms with Gasteiger partial charge in [0.2, 0.25) is 5.91 Å². The number of methoxy groups -OCH3 is 1. The number of rotatable bonds is 7. The molecule has 7 heteroatoms. The van der Waals surface area contributed by atoms with E-state index in [0.29, 0.717) is 5.75 Å². The number of carbonyl (C=O) groups excluding carboxylic acids is 1. The molecule has 1 heterocycles. The zero-order valence-electron chi connectivity index (χ0n) is 14.3. The second-order valence-electron chi connectivity index (χ2n) is 5.82. The summed E-state index contributed by atoms with van der Waals surface area (Å²) in [5, 5.41) is 5.90. The van der Waals surface area contributed by atoms with Crippen LogP contribution in [0.5, 0.6) is 5.75 Å². The maximum Gasteiger partial charge on any atom is 0.224 e. The van der Waals surface area contributed by atoms with Gasteiger partial charge in [-0.25, -0.2) is 8.42 Å². The molecule has 3 aromatic rings. The first-order chi connectivity index (χ1) is 12.5. The number of benzene rings is 2. The number of sulfone groups is 1. The number of hydrogen-bond acceptors (Lipinski definition) is 5. The molecule has 0 aliphatic rings. The summed E-state index contributed by atoms with van der Waals surface area (Å²) in [5.41, 5.74) is 0.721. The summed E-state index contributed by atoms with van der Waals surface area (Å²) in [5.74, 6) is 0.339. The molecule has 136 valence electrons. The van der Waals surface area contributed by atoms with Gasteiger partial charge >= 0.3 is 0 Å². The highest BCUT2D eigenvalue weighted by Gasteiger charge is 2.15. The first-order valence-electron chi connectivity index (χ1n) is 8.12. The molecule has 0 unspecified atom stereocenters. The van der Waals surface area contributed by atoms with Gasteiger partial charge in [0.15, 0.2) is 9.84 Å². The molecule has 0 fully saturated rings. The first-order valence-corrected chi connectivity index (χ1v) is 10.6. The Hall–Kier alpha value is -2.38. The van der Waals surface area contributed by atoms with Gasteiger partial charge < -0.3 is 10.1 Å². The maximum atomic E-state index is 12.3. The topological polar surface area (TPSA) is 72.5 Å². The van der Waals surface area contributed by atoms with E-state index < -0.39 is 9.84 Å².